The molecule has 2 fully saturated rings. The van der Waals surface area contributed by atoms with Crippen LogP contribution in [0.3, 0.4) is 0 Å². The summed E-state index contributed by atoms with van der Waals surface area (Å²) in [5, 5.41) is 0. The van der Waals surface area contributed by atoms with Crippen molar-refractivity contribution in [1.82, 2.24) is 9.80 Å². The molecule has 0 spiro atoms. The molecule has 4 rings (SSSR count). The Kier molecular flexibility index (Phi) is 4.62. The van der Waals surface area contributed by atoms with Crippen LogP contribution in [0, 0.1) is 0 Å². The lowest BCUT2D eigenvalue weighted by molar-refractivity contribution is -0.120. The molecule has 0 bridgehead atoms. The zero-order chi connectivity index (χ0) is 18.8. The van der Waals surface area contributed by atoms with Crippen LogP contribution in [0.4, 0.5) is 4.79 Å². The first-order chi connectivity index (χ1) is 13.1. The van der Waals surface area contributed by atoms with Crippen molar-refractivity contribution in [2.75, 3.05) is 13.1 Å². The highest BCUT2D eigenvalue weighted by Gasteiger charge is 2.51. The maximum Gasteiger partial charge on any atom is 0.410 e. The van der Waals surface area contributed by atoms with Crippen LogP contribution in [-0.2, 0) is 16.1 Å². The summed E-state index contributed by atoms with van der Waals surface area (Å²) in [5.41, 5.74) is 1.44. The van der Waals surface area contributed by atoms with Gasteiger partial charge in [0, 0.05) is 12.1 Å². The molecule has 0 saturated carbocycles. The molecule has 6 nitrogen and oxygen atoms in total. The molecule has 2 aliphatic rings. The number of carbonyl (C=O) groups excluding carboxylic acids is 3. The van der Waals surface area contributed by atoms with E-state index in [9.17, 15) is 14.4 Å². The molecule has 2 aliphatic heterocycles. The van der Waals surface area contributed by atoms with Crippen LogP contribution in [0.15, 0.2) is 60.7 Å². The first kappa shape index (κ1) is 17.3. The second-order valence-electron chi connectivity index (χ2n) is 6.80. The first-order valence-electron chi connectivity index (χ1n) is 9.01. The van der Waals surface area contributed by atoms with Crippen LogP contribution < -0.4 is 0 Å². The van der Waals surface area contributed by atoms with Crippen LogP contribution >= 0.6 is 0 Å². The number of ether oxygens (including phenoxy) is 1. The normalized spacial score (nSPS) is 21.3. The first-order valence-corrected chi connectivity index (χ1v) is 9.01. The lowest BCUT2D eigenvalue weighted by atomic mass is 10.1. The summed E-state index contributed by atoms with van der Waals surface area (Å²) >= 11 is 0. The molecule has 2 aromatic carbocycles. The van der Waals surface area contributed by atoms with Gasteiger partial charge in [0.1, 0.15) is 12.6 Å². The zero-order valence-electron chi connectivity index (χ0n) is 14.8. The van der Waals surface area contributed by atoms with Crippen molar-refractivity contribution in [2.24, 2.45) is 0 Å². The van der Waals surface area contributed by atoms with Crippen molar-refractivity contribution >= 4 is 17.8 Å². The van der Waals surface area contributed by atoms with Gasteiger partial charge in [-0.15, -0.1) is 0 Å². The van der Waals surface area contributed by atoms with E-state index in [0.717, 1.165) is 5.56 Å². The molecule has 27 heavy (non-hydrogen) atoms. The average Bonchev–Trinajstić information content (AvgIpc) is 3.29. The quantitative estimate of drug-likeness (QED) is 0.839. The van der Waals surface area contributed by atoms with Crippen LogP contribution in [-0.4, -0.2) is 52.8 Å². The molecule has 0 aliphatic carbocycles. The van der Waals surface area contributed by atoms with Crippen LogP contribution in [0.2, 0.25) is 0 Å². The van der Waals surface area contributed by atoms with Crippen LogP contribution in [0.5, 0.6) is 0 Å². The SMILES string of the molecule is O=C1CN(C(=O)c2ccccc2)C2CCN(C(=O)OCc3ccccc3)C12. The Labute approximate surface area is 157 Å². The van der Waals surface area contributed by atoms with Gasteiger partial charge >= 0.3 is 6.09 Å². The molecule has 138 valence electrons. The Hall–Kier alpha value is -3.15. The minimum absolute atomic E-state index is 0.0333. The third-order valence-electron chi connectivity index (χ3n) is 5.14. The fourth-order valence-corrected chi connectivity index (χ4v) is 3.85. The largest absolute Gasteiger partial charge is 0.445 e. The van der Waals surface area contributed by atoms with Crippen molar-refractivity contribution in [2.45, 2.75) is 25.1 Å². The smallest absolute Gasteiger partial charge is 0.410 e. The number of benzene rings is 2. The van der Waals surface area contributed by atoms with E-state index in [0.29, 0.717) is 18.5 Å². The Bertz CT molecular complexity index is 853. The highest BCUT2D eigenvalue weighted by Crippen LogP contribution is 2.31. The van der Waals surface area contributed by atoms with Gasteiger partial charge in [-0.3, -0.25) is 14.5 Å². The number of rotatable bonds is 3. The van der Waals surface area contributed by atoms with E-state index in [-0.39, 0.29) is 30.9 Å². The lowest BCUT2D eigenvalue weighted by Gasteiger charge is -2.24. The van der Waals surface area contributed by atoms with Gasteiger partial charge in [0.2, 0.25) is 0 Å². The Balaban J connectivity index is 1.44. The summed E-state index contributed by atoms with van der Waals surface area (Å²) in [6, 6.07) is 17.4. The molecular formula is C21H20N2O4. The van der Waals surface area contributed by atoms with Gasteiger partial charge in [-0.1, -0.05) is 48.5 Å². The molecule has 2 aromatic rings. The molecule has 2 unspecified atom stereocenters. The minimum Gasteiger partial charge on any atom is -0.445 e. The maximum absolute atomic E-state index is 12.8. The number of likely N-dealkylation sites (tertiary alicyclic amines) is 2. The van der Waals surface area contributed by atoms with Gasteiger partial charge in [-0.05, 0) is 24.1 Å². The molecule has 2 atom stereocenters. The fraction of sp³-hybridized carbons (Fsp3) is 0.286. The third kappa shape index (κ3) is 3.30. The van der Waals surface area contributed by atoms with E-state index in [2.05, 4.69) is 0 Å². The van der Waals surface area contributed by atoms with E-state index in [4.69, 9.17) is 4.74 Å². The Morgan fingerprint density at radius 3 is 2.33 bits per heavy atom. The van der Waals surface area contributed by atoms with Gasteiger partial charge in [0.25, 0.3) is 5.91 Å². The molecule has 0 radical (unpaired) electrons. The van der Waals surface area contributed by atoms with Gasteiger partial charge in [0.15, 0.2) is 5.78 Å². The molecule has 2 amide bonds. The second kappa shape index (κ2) is 7.23. The average molecular weight is 364 g/mol. The summed E-state index contributed by atoms with van der Waals surface area (Å²) in [6.45, 7) is 0.604. The summed E-state index contributed by atoms with van der Waals surface area (Å²) in [6.07, 6.45) is 0.0730. The zero-order valence-corrected chi connectivity index (χ0v) is 14.8. The summed E-state index contributed by atoms with van der Waals surface area (Å²) in [7, 11) is 0. The molecule has 0 N–H and O–H groups in total. The molecule has 2 heterocycles. The van der Waals surface area contributed by atoms with Crippen molar-refractivity contribution < 1.29 is 19.1 Å². The van der Waals surface area contributed by atoms with Gasteiger partial charge in [-0.25, -0.2) is 4.79 Å². The summed E-state index contributed by atoms with van der Waals surface area (Å²) < 4.78 is 5.38. The predicted molar refractivity (Wildman–Crippen MR) is 98.0 cm³/mol. The van der Waals surface area contributed by atoms with Crippen molar-refractivity contribution in [3.8, 4) is 0 Å². The van der Waals surface area contributed by atoms with Gasteiger partial charge in [0.05, 0.1) is 12.6 Å². The minimum atomic E-state index is -0.610. The number of nitrogens with zero attached hydrogens (tertiary/aromatic N) is 2. The Morgan fingerprint density at radius 1 is 0.963 bits per heavy atom. The number of carbonyl (C=O) groups is 3. The van der Waals surface area contributed by atoms with E-state index in [1.807, 2.05) is 36.4 Å². The monoisotopic (exact) mass is 364 g/mol. The maximum atomic E-state index is 12.8. The second-order valence-corrected chi connectivity index (χ2v) is 6.80. The van der Waals surface area contributed by atoms with Gasteiger partial charge in [-0.2, -0.15) is 0 Å². The van der Waals surface area contributed by atoms with Crippen LogP contribution in [0.1, 0.15) is 22.3 Å². The number of fused-ring (bicyclic) bond motifs is 1. The van der Waals surface area contributed by atoms with Crippen molar-refractivity contribution in [3.05, 3.63) is 71.8 Å². The molecular weight excluding hydrogens is 344 g/mol. The Morgan fingerprint density at radius 2 is 1.63 bits per heavy atom. The van der Waals surface area contributed by atoms with E-state index >= 15 is 0 Å². The third-order valence-corrected chi connectivity index (χ3v) is 5.14. The van der Waals surface area contributed by atoms with E-state index in [1.165, 1.54) is 4.90 Å². The predicted octanol–water partition coefficient (Wildman–Crippen LogP) is 2.49. The van der Waals surface area contributed by atoms with Crippen LogP contribution in [0.25, 0.3) is 0 Å². The number of hydrogen-bond acceptors (Lipinski definition) is 4. The highest BCUT2D eigenvalue weighted by atomic mass is 16.6. The van der Waals surface area contributed by atoms with Crippen molar-refractivity contribution in [1.29, 1.82) is 0 Å². The lowest BCUT2D eigenvalue weighted by Crippen LogP contribution is -2.43. The fourth-order valence-electron chi connectivity index (χ4n) is 3.85. The number of Topliss-reactive ketones (excluding diaryl/α,β-unsaturated/α-hetero) is 1. The molecule has 6 heteroatoms. The summed E-state index contributed by atoms with van der Waals surface area (Å²) in [5.74, 6) is -0.283. The summed E-state index contributed by atoms with van der Waals surface area (Å²) in [4.78, 5) is 40.9. The van der Waals surface area contributed by atoms with Crippen molar-refractivity contribution in [3.63, 3.8) is 0 Å². The molecule has 0 aromatic heterocycles. The molecule has 2 saturated heterocycles. The van der Waals surface area contributed by atoms with Gasteiger partial charge < -0.3 is 9.64 Å². The topological polar surface area (TPSA) is 66.9 Å². The number of amides is 2. The van der Waals surface area contributed by atoms with E-state index in [1.54, 1.807) is 29.2 Å². The number of hydrogen-bond donors (Lipinski definition) is 0. The van der Waals surface area contributed by atoms with E-state index < -0.39 is 12.1 Å². The number of ketones is 1. The highest BCUT2D eigenvalue weighted by molar-refractivity contribution is 6.02. The standard InChI is InChI=1S/C21H20N2O4/c24-18-13-23(20(25)16-9-5-2-6-10-16)17-11-12-22(19(17)18)21(26)27-14-15-7-3-1-4-8-15/h1-10,17,19H,11-14H2.